The lowest BCUT2D eigenvalue weighted by Crippen LogP contribution is -2.24. The number of nitrogens with zero attached hydrogens (tertiary/aromatic N) is 4. The van der Waals surface area contributed by atoms with Crippen LogP contribution in [0.25, 0.3) is 0 Å². The van der Waals surface area contributed by atoms with Gasteiger partial charge in [-0.15, -0.1) is 0 Å². The van der Waals surface area contributed by atoms with Gasteiger partial charge in [-0.2, -0.15) is 10.2 Å². The summed E-state index contributed by atoms with van der Waals surface area (Å²) >= 11 is 6.37. The van der Waals surface area contributed by atoms with Crippen molar-refractivity contribution < 1.29 is 9.59 Å². The maximum absolute atomic E-state index is 13.3. The summed E-state index contributed by atoms with van der Waals surface area (Å²) in [4.78, 5) is 36.4. The number of allylic oxidation sites excluding steroid dienone is 10. The van der Waals surface area contributed by atoms with Crippen molar-refractivity contribution in [3.63, 3.8) is 0 Å². The Kier molecular flexibility index (Phi) is 9.36. The number of H-pyrrole nitrogens is 2. The quantitative estimate of drug-likeness (QED) is 0.206. The number of amides is 2. The van der Waals surface area contributed by atoms with Gasteiger partial charge in [-0.3, -0.25) is 29.8 Å². The first kappa shape index (κ1) is 34.5. The zero-order valence-electron chi connectivity index (χ0n) is 30.3. The number of hydrogen-bond acceptors (Lipinski definition) is 6. The second-order valence-electron chi connectivity index (χ2n) is 15.5. The summed E-state index contributed by atoms with van der Waals surface area (Å²) in [5.41, 5.74) is 9.32. The van der Waals surface area contributed by atoms with Crippen LogP contribution in [0.5, 0.6) is 0 Å². The molecule has 2 bridgehead atoms. The molecule has 0 radical (unpaired) electrons. The lowest BCUT2D eigenvalue weighted by Gasteiger charge is -2.22. The summed E-state index contributed by atoms with van der Waals surface area (Å²) in [7, 11) is 0. The molecule has 4 aliphatic carbocycles. The molecule has 270 valence electrons. The second kappa shape index (κ2) is 14.1. The van der Waals surface area contributed by atoms with Gasteiger partial charge in [0.25, 0.3) is 0 Å². The van der Waals surface area contributed by atoms with Crippen LogP contribution in [0.15, 0.2) is 91.7 Å². The predicted molar refractivity (Wildman–Crippen MR) is 206 cm³/mol. The topological polar surface area (TPSA) is 140 Å². The Labute approximate surface area is 309 Å². The van der Waals surface area contributed by atoms with Crippen LogP contribution in [-0.4, -0.2) is 43.6 Å². The summed E-state index contributed by atoms with van der Waals surface area (Å²) < 4.78 is 0. The predicted octanol–water partition coefficient (Wildman–Crippen LogP) is 8.79. The zero-order chi connectivity index (χ0) is 36.1. The maximum atomic E-state index is 13.3. The molecule has 0 aromatic carbocycles. The average Bonchev–Trinajstić information content (AvgIpc) is 3.98. The van der Waals surface area contributed by atoms with Gasteiger partial charge in [-0.1, -0.05) is 35.9 Å². The third kappa shape index (κ3) is 7.35. The van der Waals surface area contributed by atoms with Crippen LogP contribution in [0.4, 0.5) is 11.6 Å². The summed E-state index contributed by atoms with van der Waals surface area (Å²) in [6.07, 6.45) is 21.1. The van der Waals surface area contributed by atoms with Crippen LogP contribution < -0.4 is 10.6 Å². The minimum atomic E-state index is -0.408. The smallest absolute Gasteiger partial charge is 0.234 e. The van der Waals surface area contributed by atoms with E-state index in [2.05, 4.69) is 68.3 Å². The standard InChI is InChI=1S/C41H47ClN8O2/c1-21-13-28-15-25(16-33(43-28)23(3)40(51)45-38-19-36(47-49-38)26-11-12-26)7-5-9-29(21)30-18-31(30)37-20-39(50-48-37)46-41(52)24(4)34-17-27-8-6-10-32(42)22(2)14-35(27)44-34/h9-10,13-14,16-17,19-20,23-27,30-31H,5-8,11-12,15,18H2,1-4H3,(H2,45,47,49,51)(H2,46,48,50,52)/b21-13+,22-14-,29-9+,32-10+/t23-,24-,25?,27?,30?,31?/m1/s1. The molecule has 2 fully saturated rings. The van der Waals surface area contributed by atoms with Crippen molar-refractivity contribution in [2.75, 3.05) is 10.6 Å². The van der Waals surface area contributed by atoms with E-state index in [0.717, 1.165) is 83.3 Å². The molecule has 4 N–H and O–H groups in total. The molecule has 2 aromatic heterocycles. The first-order valence-corrected chi connectivity index (χ1v) is 19.2. The highest BCUT2D eigenvalue weighted by molar-refractivity contribution is 6.32. The lowest BCUT2D eigenvalue weighted by molar-refractivity contribution is -0.119. The summed E-state index contributed by atoms with van der Waals surface area (Å²) in [5.74, 6) is 1.87. The molecule has 2 aliphatic heterocycles. The van der Waals surface area contributed by atoms with Gasteiger partial charge in [0.15, 0.2) is 11.6 Å². The number of carbonyl (C=O) groups is 2. The SMILES string of the molecule is CC1=C/C2=NC([C@@H](C)C(=O)Nc3cc(C4CC4C4=C/CCC5C=C([C@@H](C)C(=O)Nc6cc(C7CC7)[nH]n6)N=C(\C=C\4C)C5)[nH]n3)=CC2CC/C=C\1Cl. The molecule has 2 amide bonds. The first-order valence-electron chi connectivity index (χ1n) is 18.8. The molecule has 8 rings (SSSR count). The fourth-order valence-corrected chi connectivity index (χ4v) is 8.12. The van der Waals surface area contributed by atoms with E-state index in [0.29, 0.717) is 35.3 Å². The Hall–Kier alpha value is -4.57. The molecular formula is C41H47ClN8O2. The van der Waals surface area contributed by atoms with Crippen molar-refractivity contribution >= 4 is 46.5 Å². The fourth-order valence-electron chi connectivity index (χ4n) is 7.96. The number of halogens is 1. The average molecular weight is 719 g/mol. The molecule has 10 nitrogen and oxygen atoms in total. The lowest BCUT2D eigenvalue weighted by atomic mass is 9.90. The molecule has 6 aliphatic rings. The molecule has 2 saturated carbocycles. The highest BCUT2D eigenvalue weighted by Crippen LogP contribution is 2.53. The van der Waals surface area contributed by atoms with Gasteiger partial charge in [0.1, 0.15) is 0 Å². The van der Waals surface area contributed by atoms with E-state index in [1.54, 1.807) is 0 Å². The largest absolute Gasteiger partial charge is 0.309 e. The summed E-state index contributed by atoms with van der Waals surface area (Å²) in [5, 5.41) is 21.8. The van der Waals surface area contributed by atoms with Gasteiger partial charge in [0.2, 0.25) is 11.8 Å². The van der Waals surface area contributed by atoms with Crippen molar-refractivity contribution in [2.24, 2.45) is 39.6 Å². The van der Waals surface area contributed by atoms with Crippen molar-refractivity contribution in [1.29, 1.82) is 0 Å². The van der Waals surface area contributed by atoms with E-state index in [-0.39, 0.29) is 23.7 Å². The van der Waals surface area contributed by atoms with E-state index in [1.165, 1.54) is 24.0 Å². The number of aliphatic imine (C=N–C) groups is 2. The number of aromatic nitrogens is 4. The van der Waals surface area contributed by atoms with Crippen LogP contribution in [0.2, 0.25) is 0 Å². The van der Waals surface area contributed by atoms with Gasteiger partial charge in [0.05, 0.1) is 11.8 Å². The summed E-state index contributed by atoms with van der Waals surface area (Å²) in [6.45, 7) is 8.00. The first-order chi connectivity index (χ1) is 25.1. The normalized spacial score (nSPS) is 30.8. The van der Waals surface area contributed by atoms with Crippen molar-refractivity contribution in [1.82, 2.24) is 20.4 Å². The number of aromatic amines is 2. The minimum Gasteiger partial charge on any atom is -0.309 e. The van der Waals surface area contributed by atoms with Gasteiger partial charge in [0, 0.05) is 69.1 Å². The van der Waals surface area contributed by atoms with E-state index in [9.17, 15) is 9.59 Å². The van der Waals surface area contributed by atoms with Gasteiger partial charge in [-0.25, -0.2) is 0 Å². The highest BCUT2D eigenvalue weighted by atomic mass is 35.5. The van der Waals surface area contributed by atoms with E-state index in [4.69, 9.17) is 21.6 Å². The molecule has 4 heterocycles. The molecular weight excluding hydrogens is 672 g/mol. The molecule has 0 spiro atoms. The van der Waals surface area contributed by atoms with E-state index < -0.39 is 5.92 Å². The van der Waals surface area contributed by atoms with Crippen LogP contribution in [0, 0.1) is 29.6 Å². The summed E-state index contributed by atoms with van der Waals surface area (Å²) in [6, 6.07) is 3.93. The third-order valence-electron chi connectivity index (χ3n) is 11.4. The van der Waals surface area contributed by atoms with Crippen LogP contribution in [-0.2, 0) is 9.59 Å². The van der Waals surface area contributed by atoms with Crippen LogP contribution in [0.3, 0.4) is 0 Å². The van der Waals surface area contributed by atoms with Crippen molar-refractivity contribution in [2.45, 2.75) is 90.9 Å². The Morgan fingerprint density at radius 1 is 0.808 bits per heavy atom. The van der Waals surface area contributed by atoms with Crippen LogP contribution >= 0.6 is 11.6 Å². The molecule has 0 saturated heterocycles. The Morgan fingerprint density at radius 2 is 1.48 bits per heavy atom. The Balaban J connectivity index is 0.892. The van der Waals surface area contributed by atoms with Crippen LogP contribution in [0.1, 0.15) is 102 Å². The van der Waals surface area contributed by atoms with Crippen molar-refractivity contribution in [3.05, 3.63) is 93.1 Å². The monoisotopic (exact) mass is 718 g/mol. The van der Waals surface area contributed by atoms with Crippen molar-refractivity contribution in [3.8, 4) is 0 Å². The maximum Gasteiger partial charge on any atom is 0.234 e. The fraction of sp³-hybridized carbons (Fsp3) is 0.463. The molecule has 2 aromatic rings. The van der Waals surface area contributed by atoms with Gasteiger partial charge >= 0.3 is 0 Å². The minimum absolute atomic E-state index is 0.0901. The van der Waals surface area contributed by atoms with Gasteiger partial charge < -0.3 is 10.6 Å². The molecule has 6 atom stereocenters. The Bertz CT molecular complexity index is 2050. The molecule has 11 heteroatoms. The number of carbonyl (C=O) groups excluding carboxylic acids is 2. The molecule has 52 heavy (non-hydrogen) atoms. The third-order valence-corrected chi connectivity index (χ3v) is 11.9. The second-order valence-corrected chi connectivity index (χ2v) is 15.9. The number of rotatable bonds is 9. The zero-order valence-corrected chi connectivity index (χ0v) is 31.1. The van der Waals surface area contributed by atoms with E-state index in [1.807, 2.05) is 39.0 Å². The Morgan fingerprint density at radius 3 is 2.21 bits per heavy atom. The number of anilines is 2. The number of fused-ring (bicyclic) bond motifs is 3. The van der Waals surface area contributed by atoms with Gasteiger partial charge in [-0.05, 0) is 120 Å². The number of nitrogens with one attached hydrogen (secondary N) is 4. The molecule has 4 unspecified atom stereocenters. The van der Waals surface area contributed by atoms with E-state index >= 15 is 0 Å². The number of hydrogen-bond donors (Lipinski definition) is 4. The highest BCUT2D eigenvalue weighted by Gasteiger charge is 2.43.